The average Bonchev–Trinajstić information content (AvgIpc) is 2.89. The first-order valence-corrected chi connectivity index (χ1v) is 9.32. The summed E-state index contributed by atoms with van der Waals surface area (Å²) < 4.78 is 3.34. The van der Waals surface area contributed by atoms with Crippen LogP contribution in [0.15, 0.2) is 59.2 Å². The van der Waals surface area contributed by atoms with Crippen molar-refractivity contribution in [3.63, 3.8) is 0 Å². The SMILES string of the molecule is O=C(Nc1nn(Cc2ccccc2Cl)cc1Br)c1ccccc1I. The van der Waals surface area contributed by atoms with Gasteiger partial charge in [-0.15, -0.1) is 0 Å². The molecule has 0 fully saturated rings. The highest BCUT2D eigenvalue weighted by molar-refractivity contribution is 14.1. The summed E-state index contributed by atoms with van der Waals surface area (Å²) >= 11 is 11.8. The van der Waals surface area contributed by atoms with Gasteiger partial charge in [0.1, 0.15) is 0 Å². The van der Waals surface area contributed by atoms with E-state index in [0.717, 1.165) is 9.13 Å². The van der Waals surface area contributed by atoms with Gasteiger partial charge >= 0.3 is 0 Å². The lowest BCUT2D eigenvalue weighted by atomic mass is 10.2. The topological polar surface area (TPSA) is 46.9 Å². The number of carbonyl (C=O) groups excluding carboxylic acids is 1. The molecule has 7 heteroatoms. The van der Waals surface area contributed by atoms with Gasteiger partial charge in [-0.1, -0.05) is 41.9 Å². The maximum absolute atomic E-state index is 12.4. The van der Waals surface area contributed by atoms with Gasteiger partial charge < -0.3 is 5.32 Å². The fourth-order valence-corrected chi connectivity index (χ4v) is 3.43. The van der Waals surface area contributed by atoms with E-state index in [-0.39, 0.29) is 5.91 Å². The number of amides is 1. The number of anilines is 1. The van der Waals surface area contributed by atoms with Crippen LogP contribution in [0.1, 0.15) is 15.9 Å². The molecule has 4 nitrogen and oxygen atoms in total. The van der Waals surface area contributed by atoms with E-state index in [1.807, 2.05) is 48.7 Å². The molecule has 1 aromatic heterocycles. The van der Waals surface area contributed by atoms with Gasteiger partial charge in [-0.05, 0) is 62.3 Å². The van der Waals surface area contributed by atoms with Gasteiger partial charge in [-0.25, -0.2) is 0 Å². The summed E-state index contributed by atoms with van der Waals surface area (Å²) in [6.07, 6.45) is 1.81. The van der Waals surface area contributed by atoms with E-state index in [4.69, 9.17) is 11.6 Å². The summed E-state index contributed by atoms with van der Waals surface area (Å²) in [5, 5.41) is 7.94. The highest BCUT2D eigenvalue weighted by Crippen LogP contribution is 2.23. The van der Waals surface area contributed by atoms with Gasteiger partial charge in [-0.3, -0.25) is 9.48 Å². The fourth-order valence-electron chi connectivity index (χ4n) is 2.18. The Morgan fingerprint density at radius 1 is 1.21 bits per heavy atom. The molecule has 24 heavy (non-hydrogen) atoms. The van der Waals surface area contributed by atoms with Crippen LogP contribution in [-0.4, -0.2) is 15.7 Å². The number of rotatable bonds is 4. The molecule has 0 aliphatic heterocycles. The van der Waals surface area contributed by atoms with Crippen molar-refractivity contribution in [2.45, 2.75) is 6.54 Å². The molecule has 1 amide bonds. The second-order valence-electron chi connectivity index (χ2n) is 5.05. The second kappa shape index (κ2) is 7.67. The Hall–Kier alpha value is -1.38. The van der Waals surface area contributed by atoms with Crippen molar-refractivity contribution < 1.29 is 4.79 Å². The van der Waals surface area contributed by atoms with Crippen LogP contribution in [0, 0.1) is 3.57 Å². The first-order chi connectivity index (χ1) is 11.5. The van der Waals surface area contributed by atoms with E-state index in [2.05, 4.69) is 48.9 Å². The highest BCUT2D eigenvalue weighted by Gasteiger charge is 2.14. The first kappa shape index (κ1) is 17.4. The first-order valence-electron chi connectivity index (χ1n) is 7.07. The van der Waals surface area contributed by atoms with Crippen LogP contribution >= 0.6 is 50.1 Å². The van der Waals surface area contributed by atoms with Crippen molar-refractivity contribution in [1.29, 1.82) is 0 Å². The summed E-state index contributed by atoms with van der Waals surface area (Å²) in [6, 6.07) is 15.0. The van der Waals surface area contributed by atoms with Crippen LogP contribution in [0.4, 0.5) is 5.82 Å². The van der Waals surface area contributed by atoms with Crippen LogP contribution in [-0.2, 0) is 6.54 Å². The van der Waals surface area contributed by atoms with E-state index in [1.165, 1.54) is 0 Å². The molecule has 0 spiro atoms. The van der Waals surface area contributed by atoms with Gasteiger partial charge in [-0.2, -0.15) is 5.10 Å². The highest BCUT2D eigenvalue weighted by atomic mass is 127. The zero-order valence-corrected chi connectivity index (χ0v) is 16.8. The van der Waals surface area contributed by atoms with Gasteiger partial charge in [0.25, 0.3) is 5.91 Å². The smallest absolute Gasteiger partial charge is 0.257 e. The van der Waals surface area contributed by atoms with Crippen LogP contribution in [0.2, 0.25) is 5.02 Å². The van der Waals surface area contributed by atoms with E-state index in [9.17, 15) is 4.79 Å². The molecule has 0 bridgehead atoms. The van der Waals surface area contributed by atoms with Gasteiger partial charge in [0, 0.05) is 14.8 Å². The molecular weight excluding hydrogens is 504 g/mol. The van der Waals surface area contributed by atoms with Gasteiger partial charge in [0.15, 0.2) is 5.82 Å². The predicted octanol–water partition coefficient (Wildman–Crippen LogP) is 5.20. The number of hydrogen-bond acceptors (Lipinski definition) is 2. The number of hydrogen-bond donors (Lipinski definition) is 1. The minimum Gasteiger partial charge on any atom is -0.304 e. The molecule has 1 heterocycles. The lowest BCUT2D eigenvalue weighted by Crippen LogP contribution is -2.14. The summed E-state index contributed by atoms with van der Waals surface area (Å²) in [4.78, 5) is 12.4. The largest absolute Gasteiger partial charge is 0.304 e. The zero-order chi connectivity index (χ0) is 17.1. The number of aromatic nitrogens is 2. The van der Waals surface area contributed by atoms with Crippen molar-refractivity contribution in [3.8, 4) is 0 Å². The molecule has 0 aliphatic rings. The Balaban J connectivity index is 1.78. The van der Waals surface area contributed by atoms with Gasteiger partial charge in [0.2, 0.25) is 0 Å². The zero-order valence-electron chi connectivity index (χ0n) is 12.3. The Morgan fingerprint density at radius 3 is 2.67 bits per heavy atom. The van der Waals surface area contributed by atoms with Gasteiger partial charge in [0.05, 0.1) is 16.6 Å². The van der Waals surface area contributed by atoms with Crippen LogP contribution < -0.4 is 5.32 Å². The number of benzene rings is 2. The Bertz CT molecular complexity index is 897. The molecular formula is C17H12BrClIN3O. The van der Waals surface area contributed by atoms with E-state index >= 15 is 0 Å². The predicted molar refractivity (Wildman–Crippen MR) is 108 cm³/mol. The number of halogens is 3. The molecule has 2 aromatic carbocycles. The molecule has 0 aliphatic carbocycles. The lowest BCUT2D eigenvalue weighted by molar-refractivity contribution is 0.102. The number of nitrogens with zero attached hydrogens (tertiary/aromatic N) is 2. The summed E-state index contributed by atoms with van der Waals surface area (Å²) in [5.74, 6) is 0.287. The average molecular weight is 517 g/mol. The standard InChI is InChI=1S/C17H12BrClIN3O/c18-13-10-23(9-11-5-1-3-7-14(11)19)22-16(13)21-17(24)12-6-2-4-8-15(12)20/h1-8,10H,9H2,(H,21,22,24). The third-order valence-corrected chi connectivity index (χ3v) is 5.25. The molecule has 1 N–H and O–H groups in total. The van der Waals surface area contributed by atoms with Crippen LogP contribution in [0.5, 0.6) is 0 Å². The maximum atomic E-state index is 12.4. The summed E-state index contributed by atoms with van der Waals surface area (Å²) in [7, 11) is 0. The molecule has 0 saturated heterocycles. The van der Waals surface area contributed by atoms with Crippen LogP contribution in [0.3, 0.4) is 0 Å². The minimum atomic E-state index is -0.191. The van der Waals surface area contributed by atoms with E-state index in [1.54, 1.807) is 10.7 Å². The summed E-state index contributed by atoms with van der Waals surface area (Å²) in [6.45, 7) is 0.525. The summed E-state index contributed by atoms with van der Waals surface area (Å²) in [5.41, 5.74) is 1.58. The Morgan fingerprint density at radius 2 is 1.92 bits per heavy atom. The molecule has 0 atom stereocenters. The molecule has 0 unspecified atom stereocenters. The molecule has 0 saturated carbocycles. The van der Waals surface area contributed by atoms with Crippen LogP contribution in [0.25, 0.3) is 0 Å². The van der Waals surface area contributed by atoms with Crippen molar-refractivity contribution in [3.05, 3.63) is 78.9 Å². The Kier molecular flexibility index (Phi) is 5.57. The molecule has 122 valence electrons. The van der Waals surface area contributed by atoms with E-state index < -0.39 is 0 Å². The molecule has 3 rings (SSSR count). The van der Waals surface area contributed by atoms with Crippen molar-refractivity contribution in [1.82, 2.24) is 9.78 Å². The maximum Gasteiger partial charge on any atom is 0.257 e. The quantitative estimate of drug-likeness (QED) is 0.485. The lowest BCUT2D eigenvalue weighted by Gasteiger charge is -2.05. The minimum absolute atomic E-state index is 0.191. The van der Waals surface area contributed by atoms with Crippen molar-refractivity contribution in [2.24, 2.45) is 0 Å². The van der Waals surface area contributed by atoms with Crippen molar-refractivity contribution >= 4 is 61.8 Å². The number of carbonyl (C=O) groups is 1. The fraction of sp³-hybridized carbons (Fsp3) is 0.0588. The van der Waals surface area contributed by atoms with E-state index in [0.29, 0.717) is 27.4 Å². The van der Waals surface area contributed by atoms with Crippen molar-refractivity contribution in [2.75, 3.05) is 5.32 Å². The monoisotopic (exact) mass is 515 g/mol. The molecule has 0 radical (unpaired) electrons. The third-order valence-electron chi connectivity index (χ3n) is 3.36. The molecule has 3 aromatic rings. The Labute approximate surface area is 166 Å². The normalized spacial score (nSPS) is 10.6. The number of nitrogens with one attached hydrogen (secondary N) is 1. The third kappa shape index (κ3) is 3.99. The second-order valence-corrected chi connectivity index (χ2v) is 7.47.